The summed E-state index contributed by atoms with van der Waals surface area (Å²) < 4.78 is 7.23. The summed E-state index contributed by atoms with van der Waals surface area (Å²) in [6.07, 6.45) is 2.16. The van der Waals surface area contributed by atoms with Gasteiger partial charge in [-0.15, -0.1) is 5.10 Å². The molecule has 1 aromatic heterocycles. The predicted molar refractivity (Wildman–Crippen MR) is 72.7 cm³/mol. The highest BCUT2D eigenvalue weighted by atomic mass is 16.5. The molecule has 1 heterocycles. The first-order chi connectivity index (χ1) is 9.65. The number of benzene rings is 1. The number of hydrogen-bond acceptors (Lipinski definition) is 4. The van der Waals surface area contributed by atoms with Crippen molar-refractivity contribution in [3.05, 3.63) is 41.7 Å². The Bertz CT molecular complexity index is 581. The lowest BCUT2D eigenvalue weighted by molar-refractivity contribution is -0.136. The van der Waals surface area contributed by atoms with Gasteiger partial charge in [0.1, 0.15) is 5.75 Å². The highest BCUT2D eigenvalue weighted by Gasteiger charge is 2.07. The Hall–Kier alpha value is -2.37. The van der Waals surface area contributed by atoms with Crippen LogP contribution in [0.5, 0.6) is 5.75 Å². The summed E-state index contributed by atoms with van der Waals surface area (Å²) in [6.45, 7) is 3.16. The number of ether oxygens (including phenoxy) is 1. The van der Waals surface area contributed by atoms with Gasteiger partial charge in [0.05, 0.1) is 24.9 Å². The summed E-state index contributed by atoms with van der Waals surface area (Å²) >= 11 is 0. The van der Waals surface area contributed by atoms with Gasteiger partial charge in [-0.25, -0.2) is 4.68 Å². The Morgan fingerprint density at radius 2 is 2.30 bits per heavy atom. The molecule has 0 spiro atoms. The molecule has 0 aliphatic rings. The van der Waals surface area contributed by atoms with Crippen LogP contribution in [0.25, 0.3) is 0 Å². The van der Waals surface area contributed by atoms with E-state index in [9.17, 15) is 4.79 Å². The predicted octanol–water partition coefficient (Wildman–Crippen LogP) is 1.68. The van der Waals surface area contributed by atoms with Crippen LogP contribution in [0, 0.1) is 6.92 Å². The third kappa shape index (κ3) is 4.08. The lowest BCUT2D eigenvalue weighted by Gasteiger charge is -2.07. The second kappa shape index (κ2) is 6.70. The van der Waals surface area contributed by atoms with Crippen LogP contribution < -0.4 is 4.74 Å². The topological polar surface area (TPSA) is 77.2 Å². The minimum atomic E-state index is -0.885. The minimum Gasteiger partial charge on any atom is -0.494 e. The fourth-order valence-electron chi connectivity index (χ4n) is 1.87. The summed E-state index contributed by atoms with van der Waals surface area (Å²) in [5, 5.41) is 16.4. The Balaban J connectivity index is 1.79. The van der Waals surface area contributed by atoms with Crippen molar-refractivity contribution in [3.8, 4) is 5.75 Å². The van der Waals surface area contributed by atoms with Crippen molar-refractivity contribution in [1.82, 2.24) is 15.0 Å². The average Bonchev–Trinajstić information content (AvgIpc) is 2.81. The van der Waals surface area contributed by atoms with Gasteiger partial charge < -0.3 is 9.84 Å². The normalized spacial score (nSPS) is 10.4. The van der Waals surface area contributed by atoms with Crippen LogP contribution in [-0.2, 0) is 17.8 Å². The number of nitrogens with zero attached hydrogens (tertiary/aromatic N) is 3. The van der Waals surface area contributed by atoms with Crippen LogP contribution in [0.2, 0.25) is 0 Å². The third-order valence-corrected chi connectivity index (χ3v) is 2.80. The Kier molecular flexibility index (Phi) is 4.70. The van der Waals surface area contributed by atoms with Crippen molar-refractivity contribution >= 4 is 5.97 Å². The Labute approximate surface area is 117 Å². The molecule has 0 fully saturated rings. The number of hydrogen-bond donors (Lipinski definition) is 1. The Morgan fingerprint density at radius 3 is 3.05 bits per heavy atom. The van der Waals surface area contributed by atoms with Crippen LogP contribution in [0.4, 0.5) is 0 Å². The number of aromatic nitrogens is 3. The zero-order valence-corrected chi connectivity index (χ0v) is 11.3. The first-order valence-corrected chi connectivity index (χ1v) is 6.44. The molecule has 0 unspecified atom stereocenters. The lowest BCUT2D eigenvalue weighted by Crippen LogP contribution is -2.12. The van der Waals surface area contributed by atoms with E-state index in [0.29, 0.717) is 18.8 Å². The van der Waals surface area contributed by atoms with Gasteiger partial charge >= 0.3 is 5.97 Å². The van der Waals surface area contributed by atoms with E-state index in [1.807, 2.05) is 31.2 Å². The van der Waals surface area contributed by atoms with Crippen molar-refractivity contribution in [2.75, 3.05) is 6.61 Å². The van der Waals surface area contributed by atoms with Gasteiger partial charge in [0.15, 0.2) is 0 Å². The van der Waals surface area contributed by atoms with Crippen molar-refractivity contribution in [3.63, 3.8) is 0 Å². The molecule has 0 aliphatic carbocycles. The van der Waals surface area contributed by atoms with Gasteiger partial charge in [-0.3, -0.25) is 4.79 Å². The van der Waals surface area contributed by atoms with Gasteiger partial charge in [-0.05, 0) is 24.6 Å². The van der Waals surface area contributed by atoms with E-state index in [4.69, 9.17) is 9.84 Å². The minimum absolute atomic E-state index is 0.0638. The van der Waals surface area contributed by atoms with Gasteiger partial charge in [-0.1, -0.05) is 17.3 Å². The molecule has 6 heteroatoms. The van der Waals surface area contributed by atoms with E-state index in [1.54, 1.807) is 4.68 Å². The number of aryl methyl sites for hydroxylation is 2. The molecule has 0 atom stereocenters. The molecule has 2 aromatic rings. The highest BCUT2D eigenvalue weighted by Crippen LogP contribution is 2.12. The van der Waals surface area contributed by atoms with Gasteiger partial charge in [-0.2, -0.15) is 0 Å². The molecule has 20 heavy (non-hydrogen) atoms. The fraction of sp³-hybridized carbons (Fsp3) is 0.357. The molecular weight excluding hydrogens is 258 g/mol. The van der Waals surface area contributed by atoms with Crippen LogP contribution in [0.3, 0.4) is 0 Å². The second-order valence-corrected chi connectivity index (χ2v) is 4.54. The third-order valence-electron chi connectivity index (χ3n) is 2.80. The van der Waals surface area contributed by atoms with E-state index in [0.717, 1.165) is 17.7 Å². The van der Waals surface area contributed by atoms with Crippen molar-refractivity contribution < 1.29 is 14.6 Å². The van der Waals surface area contributed by atoms with Crippen LogP contribution in [0.1, 0.15) is 17.7 Å². The van der Waals surface area contributed by atoms with Crippen LogP contribution >= 0.6 is 0 Å². The van der Waals surface area contributed by atoms with E-state index in [-0.39, 0.29) is 6.42 Å². The maximum absolute atomic E-state index is 10.7. The molecule has 0 amide bonds. The van der Waals surface area contributed by atoms with Crippen LogP contribution in [0.15, 0.2) is 30.5 Å². The standard InChI is InChI=1S/C14H17N3O3/c1-11-4-2-5-13(8-11)20-7-3-6-17-12(9-14(18)19)10-15-16-17/h2,4-5,8,10H,3,6-7,9H2,1H3,(H,18,19). The van der Waals surface area contributed by atoms with E-state index in [2.05, 4.69) is 10.3 Å². The van der Waals surface area contributed by atoms with Gasteiger partial charge in [0.2, 0.25) is 0 Å². The van der Waals surface area contributed by atoms with Crippen molar-refractivity contribution in [2.24, 2.45) is 0 Å². The monoisotopic (exact) mass is 275 g/mol. The first-order valence-electron chi connectivity index (χ1n) is 6.44. The summed E-state index contributed by atoms with van der Waals surface area (Å²) in [4.78, 5) is 10.7. The quantitative estimate of drug-likeness (QED) is 0.778. The lowest BCUT2D eigenvalue weighted by atomic mass is 10.2. The van der Waals surface area contributed by atoms with Crippen molar-refractivity contribution in [1.29, 1.82) is 0 Å². The summed E-state index contributed by atoms with van der Waals surface area (Å²) in [5.74, 6) is -0.0427. The maximum Gasteiger partial charge on any atom is 0.309 e. The van der Waals surface area contributed by atoms with E-state index in [1.165, 1.54) is 6.20 Å². The van der Waals surface area contributed by atoms with E-state index < -0.39 is 5.97 Å². The van der Waals surface area contributed by atoms with Gasteiger partial charge in [0.25, 0.3) is 0 Å². The largest absolute Gasteiger partial charge is 0.494 e. The number of carbonyl (C=O) groups is 1. The maximum atomic E-state index is 10.7. The number of carboxylic acid groups (broad SMARTS) is 1. The zero-order chi connectivity index (χ0) is 14.4. The average molecular weight is 275 g/mol. The molecule has 1 aromatic carbocycles. The number of rotatable bonds is 7. The SMILES string of the molecule is Cc1cccc(OCCCn2nncc2CC(=O)O)c1. The molecular formula is C14H17N3O3. The Morgan fingerprint density at radius 1 is 1.45 bits per heavy atom. The van der Waals surface area contributed by atoms with Crippen LogP contribution in [-0.4, -0.2) is 32.7 Å². The highest BCUT2D eigenvalue weighted by molar-refractivity contribution is 5.69. The first kappa shape index (κ1) is 14.0. The molecule has 6 nitrogen and oxygen atoms in total. The molecule has 0 radical (unpaired) electrons. The fourth-order valence-corrected chi connectivity index (χ4v) is 1.87. The van der Waals surface area contributed by atoms with E-state index >= 15 is 0 Å². The molecule has 0 saturated heterocycles. The summed E-state index contributed by atoms with van der Waals surface area (Å²) in [6, 6.07) is 7.86. The number of aliphatic carboxylic acids is 1. The molecule has 0 saturated carbocycles. The van der Waals surface area contributed by atoms with Gasteiger partial charge in [0, 0.05) is 13.0 Å². The van der Waals surface area contributed by atoms with Crippen molar-refractivity contribution in [2.45, 2.75) is 26.3 Å². The molecule has 1 N–H and O–H groups in total. The molecule has 0 bridgehead atoms. The molecule has 0 aliphatic heterocycles. The molecule has 2 rings (SSSR count). The smallest absolute Gasteiger partial charge is 0.309 e. The summed E-state index contributed by atoms with van der Waals surface area (Å²) in [5.41, 5.74) is 1.76. The number of carboxylic acids is 1. The second-order valence-electron chi connectivity index (χ2n) is 4.54. The zero-order valence-electron chi connectivity index (χ0n) is 11.3. The molecule has 106 valence electrons. The summed E-state index contributed by atoms with van der Waals surface area (Å²) in [7, 11) is 0.